The molecule has 3 heterocycles. The molecule has 0 spiro atoms. The van der Waals surface area contributed by atoms with Gasteiger partial charge in [-0.3, -0.25) is 9.78 Å². The summed E-state index contributed by atoms with van der Waals surface area (Å²) in [5, 5.41) is 17.6. The number of aliphatic hydroxyl groups excluding tert-OH is 1. The van der Waals surface area contributed by atoms with Crippen LogP contribution in [0.5, 0.6) is 0 Å². The number of nitrogens with one attached hydrogen (secondary N) is 2. The molecule has 8 nitrogen and oxygen atoms in total. The number of aromatic nitrogens is 1. The summed E-state index contributed by atoms with van der Waals surface area (Å²) >= 11 is 0. The Morgan fingerprint density at radius 2 is 1.88 bits per heavy atom. The van der Waals surface area contributed by atoms with Crippen molar-refractivity contribution in [2.75, 3.05) is 5.32 Å². The fraction of sp³-hybridized carbons (Fsp3) is 0.457. The van der Waals surface area contributed by atoms with E-state index in [1.54, 1.807) is 12.4 Å². The number of pyridine rings is 1. The fourth-order valence-corrected chi connectivity index (χ4v) is 7.56. The zero-order valence-corrected chi connectivity index (χ0v) is 24.8. The molecule has 3 fully saturated rings. The first-order valence-electron chi connectivity index (χ1n) is 15.3. The largest absolute Gasteiger partial charge is 0.390 e. The van der Waals surface area contributed by atoms with Crippen LogP contribution in [0.4, 0.5) is 5.69 Å². The summed E-state index contributed by atoms with van der Waals surface area (Å²) in [6.07, 6.45) is 5.13. The summed E-state index contributed by atoms with van der Waals surface area (Å²) in [4.78, 5) is 30.3. The molecule has 1 amide bonds. The summed E-state index contributed by atoms with van der Waals surface area (Å²) in [6, 6.07) is 16.6. The lowest BCUT2D eigenvalue weighted by atomic mass is 9.72. The van der Waals surface area contributed by atoms with E-state index in [2.05, 4.69) is 48.5 Å². The standard InChI is InChI=1S/C35H39N3O5/c1-35(2,3)22-10-11-27(26(15-22)32-24-13-21(18-39)29-16-25(24)34(42-29)43-32)37-30(20-8-6-12-36-17-20)33(41)38-31-23-9-5-4-7-19(23)14-28(31)40/h4-12,15,17-18,21,24-25,28-32,34,37,40H,13-14,16H2,1-3H3,(H,38,41)/t21?,24-,25+,28-,29?,30?,31+,32?,34-/m0/s1. The Kier molecular flexibility index (Phi) is 7.11. The van der Waals surface area contributed by atoms with Crippen molar-refractivity contribution in [3.8, 4) is 0 Å². The van der Waals surface area contributed by atoms with Crippen LogP contribution in [-0.4, -0.2) is 40.8 Å². The molecule has 3 N–H and O–H groups in total. The van der Waals surface area contributed by atoms with E-state index in [0.717, 1.165) is 47.1 Å². The number of rotatable bonds is 7. The number of benzene rings is 2. The van der Waals surface area contributed by atoms with Gasteiger partial charge in [0.15, 0.2) is 6.29 Å². The van der Waals surface area contributed by atoms with Crippen molar-refractivity contribution >= 4 is 17.9 Å². The molecule has 43 heavy (non-hydrogen) atoms. The van der Waals surface area contributed by atoms with E-state index >= 15 is 0 Å². The smallest absolute Gasteiger partial charge is 0.247 e. The van der Waals surface area contributed by atoms with E-state index < -0.39 is 18.2 Å². The molecule has 9 atom stereocenters. The van der Waals surface area contributed by atoms with E-state index in [1.807, 2.05) is 42.5 Å². The van der Waals surface area contributed by atoms with Crippen molar-refractivity contribution in [1.82, 2.24) is 10.3 Å². The topological polar surface area (TPSA) is 110 Å². The molecular weight excluding hydrogens is 542 g/mol. The molecule has 2 aliphatic heterocycles. The van der Waals surface area contributed by atoms with Crippen molar-refractivity contribution in [2.24, 2.45) is 17.8 Å². The quantitative estimate of drug-likeness (QED) is 0.339. The fourth-order valence-electron chi connectivity index (χ4n) is 7.56. The summed E-state index contributed by atoms with van der Waals surface area (Å²) in [5.41, 5.74) is 5.50. The first-order valence-corrected chi connectivity index (χ1v) is 15.3. The van der Waals surface area contributed by atoms with Gasteiger partial charge in [0.05, 0.1) is 24.4 Å². The van der Waals surface area contributed by atoms with Crippen LogP contribution in [0.3, 0.4) is 0 Å². The van der Waals surface area contributed by atoms with Gasteiger partial charge in [0, 0.05) is 47.5 Å². The maximum Gasteiger partial charge on any atom is 0.247 e. The highest BCUT2D eigenvalue weighted by Gasteiger charge is 2.57. The molecule has 2 bridgehead atoms. The van der Waals surface area contributed by atoms with Crippen molar-refractivity contribution in [3.05, 3.63) is 94.8 Å². The van der Waals surface area contributed by atoms with Gasteiger partial charge >= 0.3 is 0 Å². The summed E-state index contributed by atoms with van der Waals surface area (Å²) in [5.74, 6) is 0.00683. The molecule has 2 aliphatic carbocycles. The first-order chi connectivity index (χ1) is 20.7. The zero-order chi connectivity index (χ0) is 29.9. The normalized spacial score (nSPS) is 31.3. The third-order valence-electron chi connectivity index (χ3n) is 9.88. The van der Waals surface area contributed by atoms with E-state index in [9.17, 15) is 14.7 Å². The number of ether oxygens (including phenoxy) is 2. The van der Waals surface area contributed by atoms with Crippen LogP contribution in [0.2, 0.25) is 0 Å². The maximum absolute atomic E-state index is 14.1. The van der Waals surface area contributed by atoms with Crippen molar-refractivity contribution in [2.45, 2.75) is 82.1 Å². The van der Waals surface area contributed by atoms with Crippen LogP contribution in [0.1, 0.15) is 79.6 Å². The SMILES string of the molecule is CC(C)(C)c1ccc(NC(C(=O)N[C@@H]2c3ccccc3C[C@@H]2O)c2cccnc2)c(C2O[C@@H]3OC4C[C@@H]3[C@@H]2CC4C=O)c1. The molecule has 1 aromatic heterocycles. The van der Waals surface area contributed by atoms with Crippen molar-refractivity contribution in [1.29, 1.82) is 0 Å². The number of anilines is 1. The highest BCUT2D eigenvalue weighted by Crippen LogP contribution is 2.57. The number of nitrogens with zero attached hydrogens (tertiary/aromatic N) is 1. The minimum absolute atomic E-state index is 0.0575. The number of aliphatic hydroxyl groups is 1. The summed E-state index contributed by atoms with van der Waals surface area (Å²) in [6.45, 7) is 6.53. The summed E-state index contributed by atoms with van der Waals surface area (Å²) < 4.78 is 12.8. The van der Waals surface area contributed by atoms with E-state index in [0.29, 0.717) is 12.0 Å². The average Bonchev–Trinajstić information content (AvgIpc) is 3.63. The van der Waals surface area contributed by atoms with Gasteiger partial charge < -0.3 is 30.0 Å². The Labute approximate surface area is 252 Å². The molecule has 7 rings (SSSR count). The number of carbonyl (C=O) groups excluding carboxylic acids is 2. The molecule has 1 saturated carbocycles. The molecule has 8 heteroatoms. The molecule has 2 saturated heterocycles. The molecule has 0 radical (unpaired) electrons. The highest BCUT2D eigenvalue weighted by molar-refractivity contribution is 5.87. The van der Waals surface area contributed by atoms with Crippen LogP contribution >= 0.6 is 0 Å². The lowest BCUT2D eigenvalue weighted by molar-refractivity contribution is -0.161. The third-order valence-corrected chi connectivity index (χ3v) is 9.88. The van der Waals surface area contributed by atoms with E-state index in [-0.39, 0.29) is 47.6 Å². The lowest BCUT2D eigenvalue weighted by Crippen LogP contribution is -2.39. The van der Waals surface area contributed by atoms with Crippen molar-refractivity contribution in [3.63, 3.8) is 0 Å². The Balaban J connectivity index is 1.24. The number of hydrogen-bond donors (Lipinski definition) is 3. The minimum Gasteiger partial charge on any atom is -0.390 e. The Morgan fingerprint density at radius 1 is 1.05 bits per heavy atom. The van der Waals surface area contributed by atoms with E-state index in [1.165, 1.54) is 0 Å². The van der Waals surface area contributed by atoms with Gasteiger partial charge in [0.25, 0.3) is 0 Å². The highest BCUT2D eigenvalue weighted by atomic mass is 16.7. The molecule has 224 valence electrons. The summed E-state index contributed by atoms with van der Waals surface area (Å²) in [7, 11) is 0. The van der Waals surface area contributed by atoms with Crippen LogP contribution in [-0.2, 0) is 30.9 Å². The number of amides is 1. The molecule has 2 aromatic carbocycles. The number of hydrogen-bond acceptors (Lipinski definition) is 7. The zero-order valence-electron chi connectivity index (χ0n) is 24.8. The number of fused-ring (bicyclic) bond motifs is 2. The van der Waals surface area contributed by atoms with Gasteiger partial charge in [-0.25, -0.2) is 0 Å². The second kappa shape index (κ2) is 10.8. The Bertz CT molecular complexity index is 1520. The van der Waals surface area contributed by atoms with Gasteiger partial charge in [-0.15, -0.1) is 0 Å². The number of aldehydes is 1. The predicted molar refractivity (Wildman–Crippen MR) is 161 cm³/mol. The lowest BCUT2D eigenvalue weighted by Gasteiger charge is -2.34. The van der Waals surface area contributed by atoms with Gasteiger partial charge in [0.1, 0.15) is 12.3 Å². The van der Waals surface area contributed by atoms with Gasteiger partial charge in [-0.1, -0.05) is 63.2 Å². The van der Waals surface area contributed by atoms with Gasteiger partial charge in [-0.2, -0.15) is 0 Å². The van der Waals surface area contributed by atoms with Gasteiger partial charge in [-0.05, 0) is 53.0 Å². The minimum atomic E-state index is -0.775. The third kappa shape index (κ3) is 5.05. The van der Waals surface area contributed by atoms with Gasteiger partial charge in [0.2, 0.25) is 5.91 Å². The van der Waals surface area contributed by atoms with Crippen molar-refractivity contribution < 1.29 is 24.2 Å². The van der Waals surface area contributed by atoms with E-state index in [4.69, 9.17) is 9.47 Å². The molecular formula is C35H39N3O5. The molecule has 3 aromatic rings. The monoisotopic (exact) mass is 581 g/mol. The second-order valence-corrected chi connectivity index (χ2v) is 13.6. The maximum atomic E-state index is 14.1. The molecule has 4 aliphatic rings. The predicted octanol–water partition coefficient (Wildman–Crippen LogP) is 4.94. The van der Waals surface area contributed by atoms with Crippen LogP contribution in [0.15, 0.2) is 67.0 Å². The number of carbonyl (C=O) groups is 2. The Morgan fingerprint density at radius 3 is 2.65 bits per heavy atom. The van der Waals surface area contributed by atoms with Crippen LogP contribution in [0, 0.1) is 17.8 Å². The van der Waals surface area contributed by atoms with Crippen LogP contribution in [0.25, 0.3) is 0 Å². The first kappa shape index (κ1) is 28.2. The van der Waals surface area contributed by atoms with Crippen LogP contribution < -0.4 is 10.6 Å². The average molecular weight is 582 g/mol. The second-order valence-electron chi connectivity index (χ2n) is 13.6. The Hall–Kier alpha value is -3.59. The molecule has 4 unspecified atom stereocenters.